The minimum absolute atomic E-state index is 0.283. The lowest BCUT2D eigenvalue weighted by Crippen LogP contribution is -2.28. The summed E-state index contributed by atoms with van der Waals surface area (Å²) in [6, 6.07) is 0. The van der Waals surface area contributed by atoms with E-state index < -0.39 is 18.0 Å². The molecule has 0 heterocycles. The summed E-state index contributed by atoms with van der Waals surface area (Å²) in [6.07, 6.45) is 11.5. The molecule has 0 bridgehead atoms. The van der Waals surface area contributed by atoms with Crippen molar-refractivity contribution in [1.29, 1.82) is 0 Å². The summed E-state index contributed by atoms with van der Waals surface area (Å²) in [5.41, 5.74) is 0. The molecule has 0 aliphatic carbocycles. The van der Waals surface area contributed by atoms with Crippen molar-refractivity contribution in [2.24, 2.45) is 5.92 Å². The highest BCUT2D eigenvalue weighted by Gasteiger charge is 2.22. The fourth-order valence-corrected chi connectivity index (χ4v) is 2.33. The summed E-state index contributed by atoms with van der Waals surface area (Å²) in [5, 5.41) is 9.07. The Labute approximate surface area is 135 Å². The number of ether oxygens (including phenoxy) is 1. The molecule has 1 atom stereocenters. The molecule has 0 amide bonds. The molecule has 0 saturated heterocycles. The molecular formula is C18H34O4. The Morgan fingerprint density at radius 2 is 1.32 bits per heavy atom. The van der Waals surface area contributed by atoms with Crippen molar-refractivity contribution >= 4 is 11.9 Å². The van der Waals surface area contributed by atoms with Gasteiger partial charge in [0.05, 0.1) is 5.92 Å². The van der Waals surface area contributed by atoms with Crippen LogP contribution in [0.4, 0.5) is 0 Å². The summed E-state index contributed by atoms with van der Waals surface area (Å²) in [5.74, 6) is -1.75. The van der Waals surface area contributed by atoms with Gasteiger partial charge in [0.1, 0.15) is 0 Å². The molecule has 4 nitrogen and oxygen atoms in total. The molecule has 0 aromatic rings. The Morgan fingerprint density at radius 1 is 0.864 bits per heavy atom. The zero-order chi connectivity index (χ0) is 16.8. The first kappa shape index (κ1) is 20.9. The topological polar surface area (TPSA) is 63.6 Å². The minimum atomic E-state index is -1.04. The average Bonchev–Trinajstić information content (AvgIpc) is 2.47. The van der Waals surface area contributed by atoms with Crippen molar-refractivity contribution in [2.75, 3.05) is 0 Å². The third-order valence-corrected chi connectivity index (χ3v) is 3.83. The van der Waals surface area contributed by atoms with Crippen LogP contribution in [-0.4, -0.2) is 23.1 Å². The first-order valence-electron chi connectivity index (χ1n) is 8.92. The number of esters is 1. The SMILES string of the molecule is CCCCCCCCCCCCC(OC(=O)C(C)C)C(=O)O. The van der Waals surface area contributed by atoms with Crippen LogP contribution in [0.5, 0.6) is 0 Å². The van der Waals surface area contributed by atoms with E-state index in [0.29, 0.717) is 6.42 Å². The average molecular weight is 314 g/mol. The first-order valence-corrected chi connectivity index (χ1v) is 8.92. The van der Waals surface area contributed by atoms with Crippen LogP contribution in [0.3, 0.4) is 0 Å². The van der Waals surface area contributed by atoms with Gasteiger partial charge in [-0.05, 0) is 12.8 Å². The second kappa shape index (κ2) is 13.6. The van der Waals surface area contributed by atoms with Crippen LogP contribution < -0.4 is 0 Å². The second-order valence-corrected chi connectivity index (χ2v) is 6.39. The second-order valence-electron chi connectivity index (χ2n) is 6.39. The van der Waals surface area contributed by atoms with E-state index in [-0.39, 0.29) is 5.92 Å². The molecule has 4 heteroatoms. The predicted octanol–water partition coefficient (Wildman–Crippen LogP) is 4.95. The Hall–Kier alpha value is -1.06. The molecule has 0 rings (SSSR count). The molecule has 0 aliphatic heterocycles. The van der Waals surface area contributed by atoms with Crippen LogP contribution in [0.2, 0.25) is 0 Å². The number of carboxylic acid groups (broad SMARTS) is 1. The number of aliphatic carboxylic acids is 1. The van der Waals surface area contributed by atoms with Gasteiger partial charge in [-0.15, -0.1) is 0 Å². The summed E-state index contributed by atoms with van der Waals surface area (Å²) in [7, 11) is 0. The maximum absolute atomic E-state index is 11.5. The Balaban J connectivity index is 3.61. The van der Waals surface area contributed by atoms with Gasteiger partial charge in [-0.2, -0.15) is 0 Å². The number of carbonyl (C=O) groups is 2. The third kappa shape index (κ3) is 11.6. The van der Waals surface area contributed by atoms with E-state index in [9.17, 15) is 9.59 Å². The summed E-state index contributed by atoms with van der Waals surface area (Å²) in [6.45, 7) is 5.65. The van der Waals surface area contributed by atoms with Crippen molar-refractivity contribution in [3.8, 4) is 0 Å². The zero-order valence-electron chi connectivity index (χ0n) is 14.6. The standard InChI is InChI=1S/C18H34O4/c1-4-5-6-7-8-9-10-11-12-13-14-16(17(19)20)22-18(21)15(2)3/h15-16H,4-14H2,1-3H3,(H,19,20). The summed E-state index contributed by atoms with van der Waals surface area (Å²) < 4.78 is 5.02. The molecule has 0 radical (unpaired) electrons. The number of rotatable bonds is 14. The van der Waals surface area contributed by atoms with E-state index >= 15 is 0 Å². The van der Waals surface area contributed by atoms with Crippen molar-refractivity contribution < 1.29 is 19.4 Å². The molecule has 0 fully saturated rings. The van der Waals surface area contributed by atoms with Crippen LogP contribution in [0.25, 0.3) is 0 Å². The zero-order valence-corrected chi connectivity index (χ0v) is 14.6. The maximum atomic E-state index is 11.5. The van der Waals surface area contributed by atoms with Crippen molar-refractivity contribution in [2.45, 2.75) is 97.5 Å². The molecule has 130 valence electrons. The van der Waals surface area contributed by atoms with Crippen LogP contribution in [-0.2, 0) is 14.3 Å². The van der Waals surface area contributed by atoms with Crippen LogP contribution in [0, 0.1) is 5.92 Å². The first-order chi connectivity index (χ1) is 10.5. The lowest BCUT2D eigenvalue weighted by Gasteiger charge is -2.15. The summed E-state index contributed by atoms with van der Waals surface area (Å²) >= 11 is 0. The molecule has 0 aromatic heterocycles. The van der Waals surface area contributed by atoms with E-state index in [2.05, 4.69) is 6.92 Å². The molecule has 0 aliphatic rings. The van der Waals surface area contributed by atoms with Gasteiger partial charge in [-0.25, -0.2) is 4.79 Å². The summed E-state index contributed by atoms with van der Waals surface area (Å²) in [4.78, 5) is 22.5. The van der Waals surface area contributed by atoms with Crippen molar-refractivity contribution in [3.05, 3.63) is 0 Å². The lowest BCUT2D eigenvalue weighted by molar-refractivity contribution is -0.166. The van der Waals surface area contributed by atoms with Crippen molar-refractivity contribution in [3.63, 3.8) is 0 Å². The van der Waals surface area contributed by atoms with Crippen molar-refractivity contribution in [1.82, 2.24) is 0 Å². The molecule has 1 unspecified atom stereocenters. The fourth-order valence-electron chi connectivity index (χ4n) is 2.33. The van der Waals surface area contributed by atoms with E-state index in [0.717, 1.165) is 19.3 Å². The monoisotopic (exact) mass is 314 g/mol. The van der Waals surface area contributed by atoms with Crippen LogP contribution in [0.15, 0.2) is 0 Å². The van der Waals surface area contributed by atoms with Crippen LogP contribution in [0.1, 0.15) is 91.4 Å². The largest absolute Gasteiger partial charge is 0.479 e. The van der Waals surface area contributed by atoms with Gasteiger partial charge in [-0.3, -0.25) is 4.79 Å². The Kier molecular flexibility index (Phi) is 12.9. The van der Waals surface area contributed by atoms with E-state index in [1.807, 2.05) is 0 Å². The molecule has 0 aromatic carbocycles. The maximum Gasteiger partial charge on any atom is 0.345 e. The van der Waals surface area contributed by atoms with E-state index in [1.54, 1.807) is 13.8 Å². The molecule has 0 spiro atoms. The number of carbonyl (C=O) groups excluding carboxylic acids is 1. The van der Waals surface area contributed by atoms with Gasteiger partial charge in [0.2, 0.25) is 0 Å². The van der Waals surface area contributed by atoms with Gasteiger partial charge in [0, 0.05) is 0 Å². The normalized spacial score (nSPS) is 12.4. The van der Waals surface area contributed by atoms with Gasteiger partial charge in [0.15, 0.2) is 6.10 Å². The van der Waals surface area contributed by atoms with E-state index in [1.165, 1.54) is 44.9 Å². The third-order valence-electron chi connectivity index (χ3n) is 3.83. The number of unbranched alkanes of at least 4 members (excludes halogenated alkanes) is 9. The number of hydrogen-bond acceptors (Lipinski definition) is 3. The smallest absolute Gasteiger partial charge is 0.345 e. The van der Waals surface area contributed by atoms with Gasteiger partial charge in [-0.1, -0.05) is 78.6 Å². The van der Waals surface area contributed by atoms with Crippen LogP contribution >= 0.6 is 0 Å². The molecule has 0 saturated carbocycles. The number of carboxylic acids is 1. The van der Waals surface area contributed by atoms with Gasteiger partial charge in [0.25, 0.3) is 0 Å². The minimum Gasteiger partial charge on any atom is -0.479 e. The highest BCUT2D eigenvalue weighted by Crippen LogP contribution is 2.14. The van der Waals surface area contributed by atoms with Gasteiger partial charge < -0.3 is 9.84 Å². The molecular weight excluding hydrogens is 280 g/mol. The lowest BCUT2D eigenvalue weighted by atomic mass is 10.0. The Morgan fingerprint density at radius 3 is 1.73 bits per heavy atom. The Bertz CT molecular complexity index is 299. The van der Waals surface area contributed by atoms with Gasteiger partial charge >= 0.3 is 11.9 Å². The molecule has 22 heavy (non-hydrogen) atoms. The molecule has 1 N–H and O–H groups in total. The quantitative estimate of drug-likeness (QED) is 0.364. The highest BCUT2D eigenvalue weighted by atomic mass is 16.6. The fraction of sp³-hybridized carbons (Fsp3) is 0.889. The number of hydrogen-bond donors (Lipinski definition) is 1. The van der Waals surface area contributed by atoms with E-state index in [4.69, 9.17) is 9.84 Å². The highest BCUT2D eigenvalue weighted by molar-refractivity contribution is 5.78. The predicted molar refractivity (Wildman–Crippen MR) is 88.8 cm³/mol.